The Kier molecular flexibility index (Phi) is 10.0. The molecule has 10 rings (SSSR count). The Morgan fingerprint density at radius 1 is 0.519 bits per heavy atom. The van der Waals surface area contributed by atoms with Gasteiger partial charge in [0, 0.05) is 77.3 Å². The van der Waals surface area contributed by atoms with Crippen LogP contribution in [0.1, 0.15) is 25.7 Å². The molecule has 4 aromatic heterocycles. The molecule has 8 aromatic rings. The molecular formula is C44H46Cl2N6O2. The molecule has 278 valence electrons. The second-order valence-electron chi connectivity index (χ2n) is 15.4. The molecule has 4 aromatic carbocycles. The highest BCUT2D eigenvalue weighted by atomic mass is 35.5. The van der Waals surface area contributed by atoms with Crippen LogP contribution in [0.4, 0.5) is 0 Å². The second kappa shape index (κ2) is 14.9. The van der Waals surface area contributed by atoms with Crippen LogP contribution < -0.4 is 33.9 Å². The molecule has 0 spiro atoms. The van der Waals surface area contributed by atoms with Crippen LogP contribution in [0.2, 0.25) is 0 Å². The summed E-state index contributed by atoms with van der Waals surface area (Å²) in [7, 11) is 0. The van der Waals surface area contributed by atoms with Crippen LogP contribution in [0, 0.1) is 11.8 Å². The van der Waals surface area contributed by atoms with E-state index in [0.29, 0.717) is 11.5 Å². The molecule has 0 amide bonds. The zero-order valence-corrected chi connectivity index (χ0v) is 31.8. The van der Waals surface area contributed by atoms with Crippen molar-refractivity contribution in [1.29, 1.82) is 0 Å². The molecule has 10 heteroatoms. The van der Waals surface area contributed by atoms with E-state index in [1.165, 1.54) is 84.2 Å². The lowest BCUT2D eigenvalue weighted by Crippen LogP contribution is -3.00. The van der Waals surface area contributed by atoms with Crippen LogP contribution in [0.25, 0.3) is 65.2 Å². The van der Waals surface area contributed by atoms with Gasteiger partial charge in [-0.3, -0.25) is 9.80 Å². The summed E-state index contributed by atoms with van der Waals surface area (Å²) in [4.78, 5) is 12.3. The van der Waals surface area contributed by atoms with E-state index in [2.05, 4.69) is 90.1 Å². The molecule has 2 fully saturated rings. The summed E-state index contributed by atoms with van der Waals surface area (Å²) in [6.45, 7) is 9.02. The van der Waals surface area contributed by atoms with Crippen molar-refractivity contribution in [3.05, 3.63) is 97.6 Å². The molecule has 4 N–H and O–H groups in total. The Labute approximate surface area is 326 Å². The Bertz CT molecular complexity index is 2440. The third kappa shape index (κ3) is 6.70. The van der Waals surface area contributed by atoms with Gasteiger partial charge in [0.2, 0.25) is 0 Å². The molecule has 0 unspecified atom stereocenters. The minimum Gasteiger partial charge on any atom is -1.00 e. The Hall–Kier alpha value is -4.60. The number of phenols is 2. The summed E-state index contributed by atoms with van der Waals surface area (Å²) in [5.74, 6) is 2.33. The lowest BCUT2D eigenvalue weighted by molar-refractivity contribution is -0.695. The molecule has 54 heavy (non-hydrogen) atoms. The van der Waals surface area contributed by atoms with Gasteiger partial charge in [0.05, 0.1) is 13.1 Å². The molecule has 6 heterocycles. The number of aromatic amines is 2. The number of phenolic OH excluding ortho intramolecular Hbond substituents is 2. The van der Waals surface area contributed by atoms with Gasteiger partial charge in [-0.15, -0.1) is 0 Å². The number of halogens is 2. The van der Waals surface area contributed by atoms with E-state index in [0.717, 1.165) is 70.9 Å². The van der Waals surface area contributed by atoms with Crippen molar-refractivity contribution in [2.75, 3.05) is 39.3 Å². The summed E-state index contributed by atoms with van der Waals surface area (Å²) in [6, 6.07) is 24.3. The molecule has 2 saturated heterocycles. The highest BCUT2D eigenvalue weighted by Gasteiger charge is 2.30. The number of aromatic hydroxyl groups is 2. The lowest BCUT2D eigenvalue weighted by atomic mass is 9.79. The number of H-pyrrole nitrogens is 2. The van der Waals surface area contributed by atoms with Gasteiger partial charge in [0.25, 0.3) is 0 Å². The Morgan fingerprint density at radius 2 is 0.926 bits per heavy atom. The van der Waals surface area contributed by atoms with Gasteiger partial charge in [-0.1, -0.05) is 0 Å². The average molecular weight is 762 g/mol. The number of nitrogens with zero attached hydrogens (tertiary/aromatic N) is 4. The number of piperidine rings is 2. The minimum absolute atomic E-state index is 0. The molecule has 0 saturated carbocycles. The average Bonchev–Trinajstić information content (AvgIpc) is 3.74. The molecular weight excluding hydrogens is 715 g/mol. The third-order valence-electron chi connectivity index (χ3n) is 12.4. The summed E-state index contributed by atoms with van der Waals surface area (Å²) < 4.78 is 4.68. The number of fused-ring (bicyclic) bond motifs is 10. The maximum absolute atomic E-state index is 10.1. The van der Waals surface area contributed by atoms with Gasteiger partial charge >= 0.3 is 0 Å². The molecule has 0 bridgehead atoms. The van der Waals surface area contributed by atoms with E-state index in [1.807, 2.05) is 24.3 Å². The van der Waals surface area contributed by atoms with Gasteiger partial charge < -0.3 is 45.0 Å². The number of nitrogens with one attached hydrogen (secondary N) is 2. The van der Waals surface area contributed by atoms with Crippen molar-refractivity contribution in [3.63, 3.8) is 0 Å². The molecule has 0 radical (unpaired) electrons. The maximum Gasteiger partial charge on any atom is 0.176 e. The Morgan fingerprint density at radius 3 is 1.35 bits per heavy atom. The SMILES string of the molecule is Oc1ccc2[nH]c3ccc4c[n+](CCN5CCC(C6CCN(CC[n+]7ccc8c(ccc9[nH]c%10ccc(O)cc%10c98)c7)CC6)CC5)ccc4c3c2c1.[Cl-].[Cl-]. The third-order valence-corrected chi connectivity index (χ3v) is 12.4. The van der Waals surface area contributed by atoms with E-state index in [1.54, 1.807) is 12.1 Å². The second-order valence-corrected chi connectivity index (χ2v) is 15.4. The van der Waals surface area contributed by atoms with E-state index in [9.17, 15) is 10.2 Å². The van der Waals surface area contributed by atoms with E-state index in [4.69, 9.17) is 0 Å². The molecule has 8 nitrogen and oxygen atoms in total. The molecule has 2 aliphatic rings. The molecule has 0 aliphatic carbocycles. The summed E-state index contributed by atoms with van der Waals surface area (Å²) in [6.07, 6.45) is 14.3. The van der Waals surface area contributed by atoms with Gasteiger partial charge in [0.1, 0.15) is 11.5 Å². The van der Waals surface area contributed by atoms with Crippen LogP contribution in [-0.4, -0.2) is 69.2 Å². The van der Waals surface area contributed by atoms with Crippen LogP contribution in [0.5, 0.6) is 11.5 Å². The first kappa shape index (κ1) is 36.4. The number of rotatable bonds is 7. The number of likely N-dealkylation sites (tertiary alicyclic amines) is 2. The zero-order chi connectivity index (χ0) is 34.8. The van der Waals surface area contributed by atoms with Crippen LogP contribution in [0.15, 0.2) is 97.6 Å². The zero-order valence-electron chi connectivity index (χ0n) is 30.3. The monoisotopic (exact) mass is 760 g/mol. The van der Waals surface area contributed by atoms with E-state index >= 15 is 0 Å². The topological polar surface area (TPSA) is 86.3 Å². The van der Waals surface area contributed by atoms with Gasteiger partial charge in [0.15, 0.2) is 37.9 Å². The summed E-state index contributed by atoms with van der Waals surface area (Å²) in [5, 5.41) is 29.6. The van der Waals surface area contributed by atoms with Crippen molar-refractivity contribution >= 4 is 65.2 Å². The van der Waals surface area contributed by atoms with Crippen molar-refractivity contribution in [2.24, 2.45) is 11.8 Å². The Balaban J connectivity index is 0.00000207. The first-order valence-corrected chi connectivity index (χ1v) is 19.1. The van der Waals surface area contributed by atoms with Crippen LogP contribution in [0.3, 0.4) is 0 Å². The standard InChI is InChI=1S/C44H44N6O2.2ClH/c51-33-3-7-39-37(25-33)43-35-13-19-49(27-31(35)1-5-41(43)45-39)23-21-47-15-9-29(10-16-47)30-11-17-48(18-12-30)22-24-50-20-14-36-32(28-50)2-6-42-44(36)38-26-34(52)4-8-40(38)46-42;;/h1-8,13-14,19-20,25-30,51-52H,9-12,15-18,21-24H2;2*1H. The minimum atomic E-state index is 0. The van der Waals surface area contributed by atoms with Crippen LogP contribution >= 0.6 is 0 Å². The molecule has 2 aliphatic heterocycles. The fourth-order valence-electron chi connectivity index (χ4n) is 9.50. The largest absolute Gasteiger partial charge is 1.00 e. The van der Waals surface area contributed by atoms with Crippen molar-refractivity contribution < 1.29 is 44.2 Å². The first-order chi connectivity index (χ1) is 25.5. The predicted octanol–water partition coefficient (Wildman–Crippen LogP) is 1.38. The quantitative estimate of drug-likeness (QED) is 0.185. The van der Waals surface area contributed by atoms with E-state index in [-0.39, 0.29) is 24.8 Å². The number of pyridine rings is 2. The maximum atomic E-state index is 10.1. The van der Waals surface area contributed by atoms with Crippen LogP contribution in [-0.2, 0) is 13.1 Å². The lowest BCUT2D eigenvalue weighted by Gasteiger charge is -2.39. The highest BCUT2D eigenvalue weighted by Crippen LogP contribution is 2.36. The first-order valence-electron chi connectivity index (χ1n) is 19.1. The number of benzene rings is 4. The normalized spacial score (nSPS) is 16.5. The highest BCUT2D eigenvalue weighted by molar-refractivity contribution is 6.21. The number of aromatic nitrogens is 4. The summed E-state index contributed by atoms with van der Waals surface area (Å²) in [5.41, 5.74) is 4.33. The van der Waals surface area contributed by atoms with E-state index < -0.39 is 0 Å². The van der Waals surface area contributed by atoms with Gasteiger partial charge in [-0.05, 0) is 124 Å². The smallest absolute Gasteiger partial charge is 0.176 e. The fraction of sp³-hybridized carbons (Fsp3) is 0.318. The number of hydrogen-bond acceptors (Lipinski definition) is 4. The summed E-state index contributed by atoms with van der Waals surface area (Å²) >= 11 is 0. The fourth-order valence-corrected chi connectivity index (χ4v) is 9.50. The van der Waals surface area contributed by atoms with Gasteiger partial charge in [-0.25, -0.2) is 9.13 Å². The molecule has 0 atom stereocenters. The number of hydrogen-bond donors (Lipinski definition) is 4. The van der Waals surface area contributed by atoms with Crippen molar-refractivity contribution in [1.82, 2.24) is 19.8 Å². The van der Waals surface area contributed by atoms with Crippen molar-refractivity contribution in [3.8, 4) is 11.5 Å². The predicted molar refractivity (Wildman–Crippen MR) is 209 cm³/mol. The van der Waals surface area contributed by atoms with Crippen molar-refractivity contribution in [2.45, 2.75) is 38.8 Å². The van der Waals surface area contributed by atoms with Gasteiger partial charge in [-0.2, -0.15) is 0 Å².